The van der Waals surface area contributed by atoms with E-state index in [-0.39, 0.29) is 6.54 Å². The van der Waals surface area contributed by atoms with Crippen molar-refractivity contribution in [1.82, 2.24) is 4.90 Å². The van der Waals surface area contributed by atoms with Crippen LogP contribution in [0.2, 0.25) is 0 Å². The number of aliphatic carboxylic acids is 1. The molecule has 22 heavy (non-hydrogen) atoms. The van der Waals surface area contributed by atoms with E-state index in [9.17, 15) is 24.3 Å². The molecule has 0 aromatic carbocycles. The largest absolute Gasteiger partial charge is 0.480 e. The average molecular weight is 315 g/mol. The van der Waals surface area contributed by atoms with Crippen molar-refractivity contribution in [2.24, 2.45) is 0 Å². The maximum atomic E-state index is 11.9. The molecular weight excluding hydrogens is 298 g/mol. The summed E-state index contributed by atoms with van der Waals surface area (Å²) in [6.07, 6.45) is 0.804. The number of carbonyl (C=O) groups is 4. The minimum absolute atomic E-state index is 0.225. The van der Waals surface area contributed by atoms with Gasteiger partial charge >= 0.3 is 17.9 Å². The highest BCUT2D eigenvalue weighted by molar-refractivity contribution is 5.92. The Morgan fingerprint density at radius 2 is 1.91 bits per heavy atom. The number of rotatable bonds is 6. The summed E-state index contributed by atoms with van der Waals surface area (Å²) in [6.45, 7) is -0.408. The Hall–Kier alpha value is -2.42. The Morgan fingerprint density at radius 3 is 2.50 bits per heavy atom. The lowest BCUT2D eigenvalue weighted by Crippen LogP contribution is -2.46. The smallest absolute Gasteiger partial charge is 0.331 e. The number of carboxylic acids is 1. The molecule has 1 amide bonds. The maximum Gasteiger partial charge on any atom is 0.331 e. The molecular formula is C13H17NO8. The first-order valence-corrected chi connectivity index (χ1v) is 6.51. The van der Waals surface area contributed by atoms with E-state index in [0.29, 0.717) is 12.8 Å². The minimum atomic E-state index is -1.66. The normalized spacial score (nSPS) is 19.0. The lowest BCUT2D eigenvalue weighted by molar-refractivity contribution is -0.156. The Morgan fingerprint density at radius 1 is 1.27 bits per heavy atom. The number of methoxy groups -OCH3 is 1. The summed E-state index contributed by atoms with van der Waals surface area (Å²) in [5.74, 6) is -3.64. The summed E-state index contributed by atoms with van der Waals surface area (Å²) in [7, 11) is 1.13. The monoisotopic (exact) mass is 315 g/mol. The van der Waals surface area contributed by atoms with Gasteiger partial charge in [-0.05, 0) is 12.8 Å². The number of aliphatic hydroxyl groups is 1. The van der Waals surface area contributed by atoms with E-state index in [2.05, 4.69) is 9.47 Å². The van der Waals surface area contributed by atoms with Crippen LogP contribution in [0.25, 0.3) is 0 Å². The molecule has 9 heteroatoms. The molecule has 2 N–H and O–H groups in total. The Kier molecular flexibility index (Phi) is 6.51. The number of carbonyl (C=O) groups excluding carboxylic acids is 3. The van der Waals surface area contributed by atoms with Gasteiger partial charge in [-0.3, -0.25) is 4.79 Å². The molecule has 0 radical (unpaired) electrons. The zero-order valence-corrected chi connectivity index (χ0v) is 11.9. The molecule has 0 saturated carbocycles. The van der Waals surface area contributed by atoms with E-state index < -0.39 is 42.6 Å². The van der Waals surface area contributed by atoms with Crippen molar-refractivity contribution in [3.8, 4) is 0 Å². The molecule has 1 unspecified atom stereocenters. The molecule has 1 heterocycles. The number of hydrogen-bond acceptors (Lipinski definition) is 7. The second-order valence-electron chi connectivity index (χ2n) is 4.53. The van der Waals surface area contributed by atoms with Gasteiger partial charge < -0.3 is 24.6 Å². The SMILES string of the molecule is COC(=O)/C=C/C(=O)OCC(O)C(=O)N1CCC[C@H]1C(=O)O. The third-order valence-corrected chi connectivity index (χ3v) is 3.05. The van der Waals surface area contributed by atoms with Crippen LogP contribution >= 0.6 is 0 Å². The molecule has 0 aromatic heterocycles. The van der Waals surface area contributed by atoms with Crippen LogP contribution < -0.4 is 0 Å². The van der Waals surface area contributed by atoms with E-state index in [1.807, 2.05) is 0 Å². The standard InChI is InChI=1S/C13H17NO8/c1-21-10(16)4-5-11(17)22-7-9(15)12(18)14-6-2-3-8(14)13(19)20/h4-5,8-9,15H,2-3,6-7H2,1H3,(H,19,20)/b5-4+/t8-,9?/m0/s1. The highest BCUT2D eigenvalue weighted by atomic mass is 16.5. The van der Waals surface area contributed by atoms with Crippen molar-refractivity contribution in [3.05, 3.63) is 12.2 Å². The van der Waals surface area contributed by atoms with Gasteiger partial charge in [-0.1, -0.05) is 0 Å². The van der Waals surface area contributed by atoms with E-state index in [4.69, 9.17) is 5.11 Å². The van der Waals surface area contributed by atoms with Gasteiger partial charge in [-0.15, -0.1) is 0 Å². The third kappa shape index (κ3) is 4.85. The van der Waals surface area contributed by atoms with Crippen LogP contribution in [-0.4, -0.2) is 71.3 Å². The average Bonchev–Trinajstić information content (AvgIpc) is 2.98. The first kappa shape index (κ1) is 17.6. The zero-order chi connectivity index (χ0) is 16.7. The van der Waals surface area contributed by atoms with Gasteiger partial charge in [-0.2, -0.15) is 0 Å². The van der Waals surface area contributed by atoms with Gasteiger partial charge in [0.1, 0.15) is 12.6 Å². The van der Waals surface area contributed by atoms with Crippen molar-refractivity contribution < 1.29 is 38.9 Å². The van der Waals surface area contributed by atoms with E-state index in [0.717, 1.165) is 24.2 Å². The quantitative estimate of drug-likeness (QED) is 0.456. The summed E-state index contributed by atoms with van der Waals surface area (Å²) in [4.78, 5) is 45.9. The van der Waals surface area contributed by atoms with Gasteiger partial charge in [0.15, 0.2) is 6.10 Å². The molecule has 1 aliphatic heterocycles. The third-order valence-electron chi connectivity index (χ3n) is 3.05. The molecule has 9 nitrogen and oxygen atoms in total. The van der Waals surface area contributed by atoms with Crippen molar-refractivity contribution in [2.45, 2.75) is 25.0 Å². The molecule has 1 fully saturated rings. The first-order chi connectivity index (χ1) is 10.4. The number of nitrogens with zero attached hydrogens (tertiary/aromatic N) is 1. The van der Waals surface area contributed by atoms with Gasteiger partial charge in [-0.25, -0.2) is 14.4 Å². The lowest BCUT2D eigenvalue weighted by Gasteiger charge is -2.23. The lowest BCUT2D eigenvalue weighted by atomic mass is 10.2. The second kappa shape index (κ2) is 8.13. The van der Waals surface area contributed by atoms with Crippen LogP contribution in [0.15, 0.2) is 12.2 Å². The molecule has 1 saturated heterocycles. The Bertz CT molecular complexity index is 486. The summed E-state index contributed by atoms with van der Waals surface area (Å²) < 4.78 is 8.86. The van der Waals surface area contributed by atoms with Gasteiger partial charge in [0.05, 0.1) is 7.11 Å². The molecule has 122 valence electrons. The molecule has 0 bridgehead atoms. The number of esters is 2. The summed E-state index contributed by atoms with van der Waals surface area (Å²) in [6, 6.07) is -0.975. The molecule has 0 aliphatic carbocycles. The van der Waals surface area contributed by atoms with E-state index >= 15 is 0 Å². The maximum absolute atomic E-state index is 11.9. The summed E-state index contributed by atoms with van der Waals surface area (Å²) >= 11 is 0. The van der Waals surface area contributed by atoms with Crippen LogP contribution in [0.3, 0.4) is 0 Å². The molecule has 0 spiro atoms. The van der Waals surface area contributed by atoms with Crippen molar-refractivity contribution >= 4 is 23.8 Å². The van der Waals surface area contributed by atoms with Gasteiger partial charge in [0.2, 0.25) is 0 Å². The van der Waals surface area contributed by atoms with Gasteiger partial charge in [0, 0.05) is 18.7 Å². The topological polar surface area (TPSA) is 130 Å². The number of carboxylic acid groups (broad SMARTS) is 1. The fraction of sp³-hybridized carbons (Fsp3) is 0.538. The fourth-order valence-corrected chi connectivity index (χ4v) is 1.96. The van der Waals surface area contributed by atoms with Crippen molar-refractivity contribution in [3.63, 3.8) is 0 Å². The predicted molar refractivity (Wildman–Crippen MR) is 70.5 cm³/mol. The van der Waals surface area contributed by atoms with Crippen LogP contribution in [0.5, 0.6) is 0 Å². The van der Waals surface area contributed by atoms with Gasteiger partial charge in [0.25, 0.3) is 5.91 Å². The molecule has 0 aromatic rings. The number of aliphatic hydroxyl groups excluding tert-OH is 1. The van der Waals surface area contributed by atoms with Crippen LogP contribution in [0, 0.1) is 0 Å². The summed E-state index contributed by atoms with van der Waals surface area (Å²) in [5.41, 5.74) is 0. The van der Waals surface area contributed by atoms with E-state index in [1.165, 1.54) is 0 Å². The highest BCUT2D eigenvalue weighted by Crippen LogP contribution is 2.18. The summed E-state index contributed by atoms with van der Waals surface area (Å²) in [5, 5.41) is 18.6. The molecule has 1 rings (SSSR count). The predicted octanol–water partition coefficient (Wildman–Crippen LogP) is -1.30. The fourth-order valence-electron chi connectivity index (χ4n) is 1.96. The number of amides is 1. The van der Waals surface area contributed by atoms with Crippen LogP contribution in [-0.2, 0) is 28.7 Å². The second-order valence-corrected chi connectivity index (χ2v) is 4.53. The Balaban J connectivity index is 2.48. The van der Waals surface area contributed by atoms with Crippen molar-refractivity contribution in [2.75, 3.05) is 20.3 Å². The zero-order valence-electron chi connectivity index (χ0n) is 11.9. The van der Waals surface area contributed by atoms with E-state index in [1.54, 1.807) is 0 Å². The first-order valence-electron chi connectivity index (χ1n) is 6.51. The minimum Gasteiger partial charge on any atom is -0.480 e. The number of hydrogen-bond donors (Lipinski definition) is 2. The van der Waals surface area contributed by atoms with Crippen LogP contribution in [0.1, 0.15) is 12.8 Å². The van der Waals surface area contributed by atoms with Crippen molar-refractivity contribution in [1.29, 1.82) is 0 Å². The molecule has 2 atom stereocenters. The van der Waals surface area contributed by atoms with Crippen LogP contribution in [0.4, 0.5) is 0 Å². The number of ether oxygens (including phenoxy) is 2. The molecule has 1 aliphatic rings. The Labute approximate surface area is 126 Å². The highest BCUT2D eigenvalue weighted by Gasteiger charge is 2.36. The number of likely N-dealkylation sites (tertiary alicyclic amines) is 1.